The van der Waals surface area contributed by atoms with Crippen LogP contribution in [0, 0.1) is 6.92 Å². The van der Waals surface area contributed by atoms with Crippen molar-refractivity contribution in [2.75, 3.05) is 17.9 Å². The molecule has 0 bridgehead atoms. The first kappa shape index (κ1) is 33.7. The molecule has 4 aromatic carbocycles. The summed E-state index contributed by atoms with van der Waals surface area (Å²) in [4.78, 5) is 28.7. The second-order valence-electron chi connectivity index (χ2n) is 10.3. The molecule has 236 valence electrons. The molecular formula is C33H31BrF3N3O4S. The molecule has 2 amide bonds. The maximum atomic E-state index is 14.3. The Kier molecular flexibility index (Phi) is 10.7. The molecule has 0 aliphatic rings. The van der Waals surface area contributed by atoms with Crippen molar-refractivity contribution in [3.05, 3.63) is 130 Å². The number of carbonyl (C=O) groups excluding carboxylic acids is 2. The molecule has 0 saturated heterocycles. The average molecular weight is 703 g/mol. The van der Waals surface area contributed by atoms with E-state index in [0.29, 0.717) is 15.9 Å². The first-order valence-electron chi connectivity index (χ1n) is 13.9. The zero-order chi connectivity index (χ0) is 32.8. The number of rotatable bonds is 11. The Morgan fingerprint density at radius 3 is 2.13 bits per heavy atom. The van der Waals surface area contributed by atoms with Crippen LogP contribution >= 0.6 is 15.9 Å². The second-order valence-corrected chi connectivity index (χ2v) is 13.1. The van der Waals surface area contributed by atoms with Gasteiger partial charge in [-0.1, -0.05) is 82.2 Å². The van der Waals surface area contributed by atoms with Crippen molar-refractivity contribution < 1.29 is 31.2 Å². The quantitative estimate of drug-likeness (QED) is 0.197. The van der Waals surface area contributed by atoms with Gasteiger partial charge in [0.2, 0.25) is 11.8 Å². The Morgan fingerprint density at radius 1 is 0.867 bits per heavy atom. The molecule has 0 unspecified atom stereocenters. The highest BCUT2D eigenvalue weighted by molar-refractivity contribution is 9.10. The van der Waals surface area contributed by atoms with Crippen LogP contribution in [0.3, 0.4) is 0 Å². The third-order valence-electron chi connectivity index (χ3n) is 7.11. The number of amides is 2. The summed E-state index contributed by atoms with van der Waals surface area (Å²) in [5.74, 6) is -1.28. The van der Waals surface area contributed by atoms with Crippen molar-refractivity contribution in [3.8, 4) is 0 Å². The molecular weight excluding hydrogens is 671 g/mol. The Bertz CT molecular complexity index is 1750. The molecule has 0 fully saturated rings. The summed E-state index contributed by atoms with van der Waals surface area (Å²) in [5, 5.41) is 2.59. The number of sulfonamides is 1. The van der Waals surface area contributed by atoms with E-state index in [4.69, 9.17) is 0 Å². The zero-order valence-electron chi connectivity index (χ0n) is 24.5. The van der Waals surface area contributed by atoms with Gasteiger partial charge in [0.1, 0.15) is 12.6 Å². The van der Waals surface area contributed by atoms with E-state index < -0.39 is 46.2 Å². The molecule has 0 aliphatic carbocycles. The van der Waals surface area contributed by atoms with Crippen LogP contribution in [0.2, 0.25) is 0 Å². The summed E-state index contributed by atoms with van der Waals surface area (Å²) in [5.41, 5.74) is 0.743. The van der Waals surface area contributed by atoms with Gasteiger partial charge in [-0.15, -0.1) is 0 Å². The fourth-order valence-corrected chi connectivity index (χ4v) is 6.61. The van der Waals surface area contributed by atoms with Crippen molar-refractivity contribution in [2.24, 2.45) is 0 Å². The van der Waals surface area contributed by atoms with Gasteiger partial charge in [0.15, 0.2) is 0 Å². The Balaban J connectivity index is 1.83. The zero-order valence-corrected chi connectivity index (χ0v) is 26.9. The summed E-state index contributed by atoms with van der Waals surface area (Å²) in [6.07, 6.45) is -4.65. The molecule has 7 nitrogen and oxygen atoms in total. The number of carbonyl (C=O) groups is 2. The number of aryl methyl sites for hydroxylation is 1. The van der Waals surface area contributed by atoms with E-state index in [1.54, 1.807) is 67.6 Å². The highest BCUT2D eigenvalue weighted by atomic mass is 79.9. The number of halogens is 4. The molecule has 45 heavy (non-hydrogen) atoms. The smallest absolute Gasteiger partial charge is 0.357 e. The van der Waals surface area contributed by atoms with E-state index >= 15 is 0 Å². The normalized spacial score (nSPS) is 12.3. The standard InChI is InChI=1S/C33H31BrF3N3O4S/c1-23-14-16-29(17-15-23)45(43,44)40(28-13-7-11-26(20-28)33(35,36)37)22-31(41)39(21-25-10-6-12-27(34)18-25)30(32(42)38-2)19-24-8-4-3-5-9-24/h3-18,20,30H,19,21-22H2,1-2H3,(H,38,42)/t30-/m0/s1. The molecule has 0 heterocycles. The number of hydrogen-bond acceptors (Lipinski definition) is 4. The first-order chi connectivity index (χ1) is 21.3. The number of benzene rings is 4. The largest absolute Gasteiger partial charge is 0.416 e. The highest BCUT2D eigenvalue weighted by Crippen LogP contribution is 2.33. The van der Waals surface area contributed by atoms with Crippen LogP contribution in [0.15, 0.2) is 112 Å². The minimum atomic E-state index is -4.76. The third-order valence-corrected chi connectivity index (χ3v) is 9.39. The van der Waals surface area contributed by atoms with Gasteiger partial charge < -0.3 is 10.2 Å². The molecule has 0 aliphatic heterocycles. The fourth-order valence-electron chi connectivity index (χ4n) is 4.76. The number of nitrogens with one attached hydrogen (secondary N) is 1. The van der Waals surface area contributed by atoms with Crippen LogP contribution in [0.5, 0.6) is 0 Å². The summed E-state index contributed by atoms with van der Waals surface area (Å²) in [6, 6.07) is 24.6. The lowest BCUT2D eigenvalue weighted by Gasteiger charge is -2.33. The molecule has 4 aromatic rings. The minimum absolute atomic E-state index is 0.0792. The van der Waals surface area contributed by atoms with Crippen molar-refractivity contribution in [1.29, 1.82) is 0 Å². The molecule has 12 heteroatoms. The van der Waals surface area contributed by atoms with Crippen LogP contribution in [0.25, 0.3) is 0 Å². The maximum Gasteiger partial charge on any atom is 0.416 e. The van der Waals surface area contributed by atoms with Crippen molar-refractivity contribution in [1.82, 2.24) is 10.2 Å². The van der Waals surface area contributed by atoms with Gasteiger partial charge in [-0.3, -0.25) is 13.9 Å². The van der Waals surface area contributed by atoms with Gasteiger partial charge in [-0.25, -0.2) is 8.42 Å². The van der Waals surface area contributed by atoms with Crippen LogP contribution < -0.4 is 9.62 Å². The number of alkyl halides is 3. The molecule has 0 radical (unpaired) electrons. The maximum absolute atomic E-state index is 14.3. The van der Waals surface area contributed by atoms with Crippen LogP contribution in [-0.4, -0.2) is 44.8 Å². The summed E-state index contributed by atoms with van der Waals surface area (Å²) in [7, 11) is -3.11. The van der Waals surface area contributed by atoms with E-state index in [9.17, 15) is 31.2 Å². The second kappa shape index (κ2) is 14.3. The van der Waals surface area contributed by atoms with E-state index in [0.717, 1.165) is 27.7 Å². The van der Waals surface area contributed by atoms with Gasteiger partial charge in [-0.2, -0.15) is 13.2 Å². The van der Waals surface area contributed by atoms with Crippen molar-refractivity contribution in [3.63, 3.8) is 0 Å². The average Bonchev–Trinajstić information content (AvgIpc) is 3.01. The topological polar surface area (TPSA) is 86.8 Å². The summed E-state index contributed by atoms with van der Waals surface area (Å²) >= 11 is 3.41. The Hall–Kier alpha value is -4.16. The lowest BCUT2D eigenvalue weighted by Crippen LogP contribution is -2.53. The number of anilines is 1. The monoisotopic (exact) mass is 701 g/mol. The van der Waals surface area contributed by atoms with Gasteiger partial charge >= 0.3 is 6.18 Å². The third kappa shape index (κ3) is 8.52. The molecule has 4 rings (SSSR count). The predicted molar refractivity (Wildman–Crippen MR) is 170 cm³/mol. The Morgan fingerprint density at radius 2 is 1.51 bits per heavy atom. The number of likely N-dealkylation sites (N-methyl/N-ethyl adjacent to an activating group) is 1. The van der Waals surface area contributed by atoms with Gasteiger partial charge in [0.05, 0.1) is 16.1 Å². The van der Waals surface area contributed by atoms with Gasteiger partial charge in [0.25, 0.3) is 10.0 Å². The summed E-state index contributed by atoms with van der Waals surface area (Å²) in [6.45, 7) is 0.813. The van der Waals surface area contributed by atoms with Crippen LogP contribution in [-0.2, 0) is 38.8 Å². The number of hydrogen-bond donors (Lipinski definition) is 1. The van der Waals surface area contributed by atoms with E-state index in [1.165, 1.54) is 30.1 Å². The predicted octanol–water partition coefficient (Wildman–Crippen LogP) is 6.36. The van der Waals surface area contributed by atoms with Crippen LogP contribution in [0.1, 0.15) is 22.3 Å². The van der Waals surface area contributed by atoms with E-state index in [-0.39, 0.29) is 23.5 Å². The van der Waals surface area contributed by atoms with Gasteiger partial charge in [-0.05, 0) is 60.5 Å². The molecule has 1 atom stereocenters. The molecule has 1 N–H and O–H groups in total. The lowest BCUT2D eigenvalue weighted by molar-refractivity contribution is -0.139. The lowest BCUT2D eigenvalue weighted by atomic mass is 10.0. The van der Waals surface area contributed by atoms with E-state index in [2.05, 4.69) is 21.2 Å². The minimum Gasteiger partial charge on any atom is -0.357 e. The fraction of sp³-hybridized carbons (Fsp3) is 0.212. The van der Waals surface area contributed by atoms with Crippen molar-refractivity contribution in [2.45, 2.75) is 37.0 Å². The highest BCUT2D eigenvalue weighted by Gasteiger charge is 2.36. The van der Waals surface area contributed by atoms with Gasteiger partial charge in [0, 0.05) is 24.5 Å². The number of nitrogens with zero attached hydrogens (tertiary/aromatic N) is 2. The SMILES string of the molecule is CNC(=O)[C@H](Cc1ccccc1)N(Cc1cccc(Br)c1)C(=O)CN(c1cccc(C(F)(F)F)c1)S(=O)(=O)c1ccc(C)cc1. The molecule has 0 aromatic heterocycles. The molecule has 0 spiro atoms. The van der Waals surface area contributed by atoms with Crippen molar-refractivity contribution >= 4 is 43.5 Å². The first-order valence-corrected chi connectivity index (χ1v) is 16.1. The molecule has 0 saturated carbocycles. The van der Waals surface area contributed by atoms with Crippen LogP contribution in [0.4, 0.5) is 18.9 Å². The summed E-state index contributed by atoms with van der Waals surface area (Å²) < 4.78 is 70.5. The Labute approximate surface area is 268 Å². The van der Waals surface area contributed by atoms with E-state index in [1.807, 2.05) is 6.07 Å².